The molecule has 2 amide bonds. The summed E-state index contributed by atoms with van der Waals surface area (Å²) in [5, 5.41) is 24.4. The van der Waals surface area contributed by atoms with Crippen molar-refractivity contribution in [1.29, 1.82) is 10.8 Å². The number of nitrogens with zero attached hydrogens (tertiary/aromatic N) is 2. The van der Waals surface area contributed by atoms with Gasteiger partial charge >= 0.3 is 0 Å². The number of likely N-dealkylation sites (N-methyl/N-ethyl adjacent to an activating group) is 1. The number of rotatable bonds is 12. The van der Waals surface area contributed by atoms with E-state index in [0.717, 1.165) is 23.3 Å². The summed E-state index contributed by atoms with van der Waals surface area (Å²) in [4.78, 5) is 31.3. The molecule has 2 heterocycles. The Labute approximate surface area is 240 Å². The van der Waals surface area contributed by atoms with Crippen LogP contribution < -0.4 is 26.4 Å². The van der Waals surface area contributed by atoms with Gasteiger partial charge in [0.15, 0.2) is 0 Å². The minimum absolute atomic E-state index is 0.0445. The van der Waals surface area contributed by atoms with Crippen LogP contribution in [-0.4, -0.2) is 61.0 Å². The average Bonchev–Trinajstić information content (AvgIpc) is 2.98. The van der Waals surface area contributed by atoms with Crippen molar-refractivity contribution in [2.24, 2.45) is 5.73 Å². The van der Waals surface area contributed by atoms with E-state index in [9.17, 15) is 9.59 Å². The normalized spacial score (nSPS) is 13.6. The van der Waals surface area contributed by atoms with E-state index < -0.39 is 5.91 Å². The molecule has 1 aliphatic rings. The molecule has 3 rings (SSSR count). The van der Waals surface area contributed by atoms with Gasteiger partial charge in [-0.15, -0.1) is 0 Å². The van der Waals surface area contributed by atoms with Crippen molar-refractivity contribution in [1.82, 2.24) is 20.5 Å². The van der Waals surface area contributed by atoms with E-state index in [1.54, 1.807) is 36.4 Å². The Morgan fingerprint density at radius 1 is 1.27 bits per heavy atom. The maximum atomic E-state index is 13.2. The first-order chi connectivity index (χ1) is 19.6. The highest BCUT2D eigenvalue weighted by molar-refractivity contribution is 6.45. The second-order valence-electron chi connectivity index (χ2n) is 9.66. The minimum Gasteiger partial charge on any atom is -0.494 e. The molecular formula is C30H38N8O3. The third kappa shape index (κ3) is 7.59. The zero-order chi connectivity index (χ0) is 30.1. The molecule has 7 N–H and O–H groups in total. The summed E-state index contributed by atoms with van der Waals surface area (Å²) >= 11 is 0. The van der Waals surface area contributed by atoms with Crippen LogP contribution in [0.15, 0.2) is 66.2 Å². The second-order valence-corrected chi connectivity index (χ2v) is 9.66. The molecule has 1 aromatic heterocycles. The van der Waals surface area contributed by atoms with Crippen LogP contribution in [0.3, 0.4) is 0 Å². The van der Waals surface area contributed by atoms with Gasteiger partial charge in [-0.2, -0.15) is 0 Å². The van der Waals surface area contributed by atoms with E-state index >= 15 is 0 Å². The first kappa shape index (κ1) is 30.6. The van der Waals surface area contributed by atoms with Crippen LogP contribution in [-0.2, 0) is 16.1 Å². The van der Waals surface area contributed by atoms with Crippen molar-refractivity contribution in [3.8, 4) is 5.75 Å². The quantitative estimate of drug-likeness (QED) is 0.172. The van der Waals surface area contributed by atoms with Crippen molar-refractivity contribution >= 4 is 34.6 Å². The smallest absolute Gasteiger partial charge is 0.271 e. The van der Waals surface area contributed by atoms with Gasteiger partial charge in [0, 0.05) is 38.5 Å². The molecule has 11 heteroatoms. The van der Waals surface area contributed by atoms with Crippen molar-refractivity contribution in [2.45, 2.75) is 32.7 Å². The first-order valence-corrected chi connectivity index (χ1v) is 13.3. The molecule has 41 heavy (non-hydrogen) atoms. The van der Waals surface area contributed by atoms with Gasteiger partial charge in [0.25, 0.3) is 11.8 Å². The van der Waals surface area contributed by atoms with Gasteiger partial charge in [0.2, 0.25) is 0 Å². The number of nitrogens with two attached hydrogens (primary N) is 1. The lowest BCUT2D eigenvalue weighted by atomic mass is 9.99. The Morgan fingerprint density at radius 2 is 2.02 bits per heavy atom. The van der Waals surface area contributed by atoms with Crippen LogP contribution in [0.25, 0.3) is 5.57 Å². The molecule has 1 aliphatic heterocycles. The number of pyridine rings is 1. The standard InChI is InChI=1S/C30H38N8O3/c1-6-18(2)19-12-13-35-21(14-19)17-38(4)30(40)24-11-10-20(16-36-24)22-8-7-9-23(28(22)41-5)37-25(15-26(31)32)27(33)29(39)34-3/h7-15,18,33,36-37H,6,16-17H2,1-5H3,(H3,31,32)(H,34,39)/b25-15+,33-27?. The largest absolute Gasteiger partial charge is 0.494 e. The third-order valence-electron chi connectivity index (χ3n) is 6.78. The Kier molecular flexibility index (Phi) is 10.4. The molecule has 0 fully saturated rings. The SMILES string of the molecule is CCC(C)c1ccnc(CN(C)C(=O)C2=CC=C(c3cccc(N/C(=C/C(=N)N)C(=N)C(=O)NC)c3OC)CN2)c1. The predicted octanol–water partition coefficient (Wildman–Crippen LogP) is 3.13. The monoisotopic (exact) mass is 558 g/mol. The Morgan fingerprint density at radius 3 is 2.63 bits per heavy atom. The fourth-order valence-corrected chi connectivity index (χ4v) is 4.30. The van der Waals surface area contributed by atoms with Gasteiger partial charge in [-0.3, -0.25) is 25.4 Å². The zero-order valence-electron chi connectivity index (χ0n) is 24.1. The molecule has 11 nitrogen and oxygen atoms in total. The van der Waals surface area contributed by atoms with E-state index in [1.165, 1.54) is 25.8 Å². The fourth-order valence-electron chi connectivity index (χ4n) is 4.30. The molecule has 0 saturated carbocycles. The lowest BCUT2D eigenvalue weighted by molar-refractivity contribution is -0.126. The number of dihydropyridines is 1. The summed E-state index contributed by atoms with van der Waals surface area (Å²) in [5.41, 5.74) is 9.79. The molecule has 2 aromatic rings. The number of allylic oxidation sites excluding steroid dienone is 2. The number of amidine groups is 1. The van der Waals surface area contributed by atoms with Crippen LogP contribution in [0.2, 0.25) is 0 Å². The van der Waals surface area contributed by atoms with Crippen LogP contribution in [0.5, 0.6) is 5.75 Å². The van der Waals surface area contributed by atoms with Gasteiger partial charge in [-0.05, 0) is 47.8 Å². The molecule has 0 spiro atoms. The van der Waals surface area contributed by atoms with E-state index in [0.29, 0.717) is 36.1 Å². The van der Waals surface area contributed by atoms with Crippen molar-refractivity contribution in [2.75, 3.05) is 33.1 Å². The van der Waals surface area contributed by atoms with E-state index in [-0.39, 0.29) is 23.2 Å². The van der Waals surface area contributed by atoms with Gasteiger partial charge < -0.3 is 31.3 Å². The van der Waals surface area contributed by atoms with Crippen molar-refractivity contribution in [3.63, 3.8) is 0 Å². The number of carbonyl (C=O) groups excluding carboxylic acids is 2. The molecular weight excluding hydrogens is 520 g/mol. The minimum atomic E-state index is -0.634. The lowest BCUT2D eigenvalue weighted by Crippen LogP contribution is -2.35. The Bertz CT molecular complexity index is 1430. The fraction of sp³-hybridized carbons (Fsp3) is 0.300. The maximum Gasteiger partial charge on any atom is 0.271 e. The lowest BCUT2D eigenvalue weighted by Gasteiger charge is -2.24. The Hall–Kier alpha value is -4.93. The molecule has 1 unspecified atom stereocenters. The number of anilines is 1. The van der Waals surface area contributed by atoms with Gasteiger partial charge in [-0.1, -0.05) is 32.1 Å². The summed E-state index contributed by atoms with van der Waals surface area (Å²) in [6.07, 6.45) is 7.61. The molecule has 1 aromatic carbocycles. The molecule has 0 saturated heterocycles. The topological polar surface area (TPSA) is 169 Å². The highest BCUT2D eigenvalue weighted by Crippen LogP contribution is 2.35. The van der Waals surface area contributed by atoms with Crippen molar-refractivity contribution < 1.29 is 14.3 Å². The van der Waals surface area contributed by atoms with E-state index in [2.05, 4.69) is 40.8 Å². The first-order valence-electron chi connectivity index (χ1n) is 13.3. The number of methoxy groups -OCH3 is 1. The van der Waals surface area contributed by atoms with Crippen LogP contribution in [0.4, 0.5) is 5.69 Å². The highest BCUT2D eigenvalue weighted by Gasteiger charge is 2.22. The predicted molar refractivity (Wildman–Crippen MR) is 162 cm³/mol. The zero-order valence-corrected chi connectivity index (χ0v) is 24.1. The van der Waals surface area contributed by atoms with E-state index in [4.69, 9.17) is 21.3 Å². The van der Waals surface area contributed by atoms with Gasteiger partial charge in [0.05, 0.1) is 30.7 Å². The van der Waals surface area contributed by atoms with E-state index in [1.807, 2.05) is 18.2 Å². The summed E-state index contributed by atoms with van der Waals surface area (Å²) in [5.74, 6) is -0.209. The summed E-state index contributed by atoms with van der Waals surface area (Å²) in [7, 11) is 4.68. The second kappa shape index (κ2) is 13.9. The van der Waals surface area contributed by atoms with Gasteiger partial charge in [-0.25, -0.2) is 0 Å². The summed E-state index contributed by atoms with van der Waals surface area (Å²) < 4.78 is 5.70. The number of nitrogens with one attached hydrogen (secondary N) is 5. The third-order valence-corrected chi connectivity index (χ3v) is 6.78. The van der Waals surface area contributed by atoms with Crippen LogP contribution in [0.1, 0.15) is 43.0 Å². The highest BCUT2D eigenvalue weighted by atomic mass is 16.5. The summed E-state index contributed by atoms with van der Waals surface area (Å²) in [6.45, 7) is 5.08. The molecule has 0 aliphatic carbocycles. The maximum absolute atomic E-state index is 13.2. The molecule has 1 atom stereocenters. The number of hydrogen-bond donors (Lipinski definition) is 6. The molecule has 216 valence electrons. The average molecular weight is 559 g/mol. The summed E-state index contributed by atoms with van der Waals surface area (Å²) in [6, 6.07) is 9.48. The van der Waals surface area contributed by atoms with Crippen molar-refractivity contribution in [3.05, 3.63) is 83.0 Å². The number of amides is 2. The number of hydrogen-bond acceptors (Lipinski definition) is 8. The molecule has 0 radical (unpaired) electrons. The van der Waals surface area contributed by atoms with Gasteiger partial charge in [0.1, 0.15) is 23.0 Å². The number of carbonyl (C=O) groups is 2. The van der Waals surface area contributed by atoms with Crippen LogP contribution in [0, 0.1) is 10.8 Å². The number of para-hydroxylation sites is 1. The number of ether oxygens (including phenoxy) is 1. The molecule has 0 bridgehead atoms. The Balaban J connectivity index is 1.82. The number of benzene rings is 1. The van der Waals surface area contributed by atoms with Crippen LogP contribution >= 0.6 is 0 Å². The number of aromatic nitrogens is 1.